The maximum absolute atomic E-state index is 16.5. The average Bonchev–Trinajstić information content (AvgIpc) is 3.65. The number of ether oxygens (including phenoxy) is 2. The number of likely N-dealkylation sites (tertiary alicyclic amines) is 1. The molecule has 1 atom stereocenters. The van der Waals surface area contributed by atoms with Crippen molar-refractivity contribution in [2.75, 3.05) is 25.5 Å². The topological polar surface area (TPSA) is 89.9 Å². The molecular formula is C31H33ClF3N3O5. The number of amides is 1. The molecule has 1 N–H and O–H groups in total. The van der Waals surface area contributed by atoms with Gasteiger partial charge in [-0.25, -0.2) is 13.7 Å². The first-order valence-electron chi connectivity index (χ1n) is 14.3. The molecule has 2 fully saturated rings. The summed E-state index contributed by atoms with van der Waals surface area (Å²) in [4.78, 5) is 39.7. The lowest BCUT2D eigenvalue weighted by molar-refractivity contribution is -0.252. The Bertz CT molecular complexity index is 1550. The van der Waals surface area contributed by atoms with E-state index in [4.69, 9.17) is 21.1 Å². The van der Waals surface area contributed by atoms with Crippen LogP contribution in [0.1, 0.15) is 54.4 Å². The number of nitrogens with zero attached hydrogens (tertiary/aromatic N) is 2. The van der Waals surface area contributed by atoms with Crippen molar-refractivity contribution in [3.8, 4) is 0 Å². The average molecular weight is 620 g/mol. The maximum atomic E-state index is 16.5. The molecule has 12 heteroatoms. The number of nitrogens with one attached hydrogen (secondary N) is 1. The second-order valence-electron chi connectivity index (χ2n) is 11.1. The number of ketones is 1. The van der Waals surface area contributed by atoms with Gasteiger partial charge in [0, 0.05) is 38.1 Å². The molecular weight excluding hydrogens is 587 g/mol. The standard InChI is InChI=1S/C31H33ClF3N3O5/c1-37-17-21(28-23(33)6-5-7-26(28)37)29(40)36-25-16-24(34)19(14-22(25)32)15-27(39)31(35,38-12-3-4-13-38)43-20-10-8-18(9-11-20)30(41)42-2/h5-7,14,16-18,20H,3-4,8-13,15H2,1-2H3,(H,36,40)/t18-,20-,31?. The van der Waals surface area contributed by atoms with Gasteiger partial charge in [-0.3, -0.25) is 14.4 Å². The van der Waals surface area contributed by atoms with Gasteiger partial charge >= 0.3 is 11.9 Å². The first-order chi connectivity index (χ1) is 20.5. The Labute approximate surface area is 252 Å². The third-order valence-corrected chi connectivity index (χ3v) is 8.64. The van der Waals surface area contributed by atoms with Gasteiger partial charge in [-0.2, -0.15) is 4.39 Å². The molecule has 0 spiro atoms. The fraction of sp³-hybridized carbons (Fsp3) is 0.452. The summed E-state index contributed by atoms with van der Waals surface area (Å²) in [5.41, 5.74) is 0.293. The molecule has 2 heterocycles. The molecule has 1 aromatic heterocycles. The zero-order valence-electron chi connectivity index (χ0n) is 23.9. The quantitative estimate of drug-likeness (QED) is 0.236. The maximum Gasteiger partial charge on any atom is 0.330 e. The van der Waals surface area contributed by atoms with E-state index in [0.29, 0.717) is 57.1 Å². The largest absolute Gasteiger partial charge is 0.469 e. The van der Waals surface area contributed by atoms with Crippen molar-refractivity contribution in [1.29, 1.82) is 0 Å². The summed E-state index contributed by atoms with van der Waals surface area (Å²) < 4.78 is 58.6. The summed E-state index contributed by atoms with van der Waals surface area (Å²) in [5, 5.41) is 2.54. The van der Waals surface area contributed by atoms with Crippen LogP contribution in [-0.4, -0.2) is 59.4 Å². The molecule has 43 heavy (non-hydrogen) atoms. The van der Waals surface area contributed by atoms with Crippen LogP contribution in [0.4, 0.5) is 18.9 Å². The highest BCUT2D eigenvalue weighted by atomic mass is 35.5. The van der Waals surface area contributed by atoms with E-state index in [2.05, 4.69) is 5.32 Å². The number of hydrogen-bond acceptors (Lipinski definition) is 6. The Morgan fingerprint density at radius 3 is 2.44 bits per heavy atom. The lowest BCUT2D eigenvalue weighted by atomic mass is 9.87. The van der Waals surface area contributed by atoms with Gasteiger partial charge in [0.05, 0.1) is 40.9 Å². The van der Waals surface area contributed by atoms with Crippen LogP contribution < -0.4 is 5.32 Å². The van der Waals surface area contributed by atoms with Crippen LogP contribution in [-0.2, 0) is 32.5 Å². The van der Waals surface area contributed by atoms with Crippen molar-refractivity contribution in [2.45, 2.75) is 57.0 Å². The lowest BCUT2D eigenvalue weighted by Crippen LogP contribution is -2.54. The SMILES string of the molecule is COC(=O)[C@H]1CC[C@H](OC(F)(C(=O)Cc2cc(Cl)c(NC(=O)c3cn(C)c4cccc(F)c34)cc2F)N2CCCC2)CC1. The number of aromatic nitrogens is 1. The van der Waals surface area contributed by atoms with Gasteiger partial charge in [0.2, 0.25) is 5.78 Å². The fourth-order valence-corrected chi connectivity index (χ4v) is 6.22. The highest BCUT2D eigenvalue weighted by molar-refractivity contribution is 6.34. The van der Waals surface area contributed by atoms with Crippen LogP contribution in [0, 0.1) is 17.6 Å². The van der Waals surface area contributed by atoms with Crippen LogP contribution in [0.3, 0.4) is 0 Å². The summed E-state index contributed by atoms with van der Waals surface area (Å²) in [7, 11) is 2.99. The number of hydrogen-bond donors (Lipinski definition) is 1. The van der Waals surface area contributed by atoms with Crippen LogP contribution in [0.15, 0.2) is 36.5 Å². The van der Waals surface area contributed by atoms with Crippen LogP contribution in [0.2, 0.25) is 5.02 Å². The van der Waals surface area contributed by atoms with E-state index in [0.717, 1.165) is 6.07 Å². The van der Waals surface area contributed by atoms with Crippen molar-refractivity contribution in [1.82, 2.24) is 9.47 Å². The molecule has 0 bridgehead atoms. The summed E-state index contributed by atoms with van der Waals surface area (Å²) >= 11 is 6.37. The Morgan fingerprint density at radius 2 is 1.77 bits per heavy atom. The first kappa shape index (κ1) is 31.0. The van der Waals surface area contributed by atoms with Gasteiger partial charge < -0.3 is 19.4 Å². The number of halogens is 4. The molecule has 2 aliphatic rings. The van der Waals surface area contributed by atoms with E-state index in [1.54, 1.807) is 17.7 Å². The lowest BCUT2D eigenvalue weighted by Gasteiger charge is -2.37. The Hall–Kier alpha value is -3.41. The number of anilines is 1. The number of esters is 1. The Morgan fingerprint density at radius 1 is 1.07 bits per heavy atom. The Balaban J connectivity index is 1.32. The predicted molar refractivity (Wildman–Crippen MR) is 154 cm³/mol. The van der Waals surface area contributed by atoms with E-state index in [1.165, 1.54) is 36.4 Å². The van der Waals surface area contributed by atoms with E-state index in [1.807, 2.05) is 0 Å². The van der Waals surface area contributed by atoms with Gasteiger partial charge in [0.25, 0.3) is 5.91 Å². The molecule has 1 saturated heterocycles. The van der Waals surface area contributed by atoms with E-state index < -0.39 is 41.8 Å². The molecule has 2 aromatic carbocycles. The summed E-state index contributed by atoms with van der Waals surface area (Å²) in [5.74, 6) is -6.52. The van der Waals surface area contributed by atoms with Crippen molar-refractivity contribution in [2.24, 2.45) is 13.0 Å². The number of methoxy groups -OCH3 is 1. The van der Waals surface area contributed by atoms with Crippen LogP contribution >= 0.6 is 11.6 Å². The third kappa shape index (κ3) is 6.30. The number of benzene rings is 2. The number of Topliss-reactive ketones (excluding diaryl/α,β-unsaturated/α-hetero) is 1. The minimum atomic E-state index is -2.77. The highest BCUT2D eigenvalue weighted by Gasteiger charge is 2.49. The van der Waals surface area contributed by atoms with Crippen molar-refractivity contribution < 1.29 is 37.0 Å². The number of carbonyl (C=O) groups excluding carboxylic acids is 3. The molecule has 0 radical (unpaired) electrons. The number of alkyl halides is 1. The monoisotopic (exact) mass is 619 g/mol. The van der Waals surface area contributed by atoms with Crippen LogP contribution in [0.5, 0.6) is 0 Å². The van der Waals surface area contributed by atoms with Crippen LogP contribution in [0.25, 0.3) is 10.9 Å². The second-order valence-corrected chi connectivity index (χ2v) is 11.5. The number of fused-ring (bicyclic) bond motifs is 1. The predicted octanol–water partition coefficient (Wildman–Crippen LogP) is 5.94. The summed E-state index contributed by atoms with van der Waals surface area (Å²) in [6, 6.07) is 6.55. The minimum absolute atomic E-state index is 0.0388. The van der Waals surface area contributed by atoms with E-state index >= 15 is 8.78 Å². The normalized spacial score (nSPS) is 20.6. The van der Waals surface area contributed by atoms with Crippen molar-refractivity contribution in [3.05, 3.63) is 64.3 Å². The van der Waals surface area contributed by atoms with Crippen molar-refractivity contribution in [3.63, 3.8) is 0 Å². The minimum Gasteiger partial charge on any atom is -0.469 e. The molecule has 1 unspecified atom stereocenters. The van der Waals surface area contributed by atoms with Gasteiger partial charge in [0.15, 0.2) is 0 Å². The van der Waals surface area contributed by atoms with Gasteiger partial charge in [-0.05, 0) is 68.4 Å². The van der Waals surface area contributed by atoms with Gasteiger partial charge in [-0.1, -0.05) is 17.7 Å². The fourth-order valence-electron chi connectivity index (χ4n) is 5.99. The number of aryl methyl sites for hydroxylation is 1. The van der Waals surface area contributed by atoms with Gasteiger partial charge in [-0.15, -0.1) is 0 Å². The summed E-state index contributed by atoms with van der Waals surface area (Å²) in [6.45, 7) is 0.616. The summed E-state index contributed by atoms with van der Waals surface area (Å²) in [6.07, 6.45) is 3.25. The molecule has 8 nitrogen and oxygen atoms in total. The second kappa shape index (κ2) is 12.7. The zero-order valence-corrected chi connectivity index (χ0v) is 24.7. The zero-order chi connectivity index (χ0) is 30.9. The number of carbonyl (C=O) groups is 3. The molecule has 1 amide bonds. The molecule has 3 aromatic rings. The molecule has 1 saturated carbocycles. The smallest absolute Gasteiger partial charge is 0.330 e. The highest BCUT2D eigenvalue weighted by Crippen LogP contribution is 2.36. The molecule has 1 aliphatic heterocycles. The third-order valence-electron chi connectivity index (χ3n) is 8.33. The van der Waals surface area contributed by atoms with E-state index in [-0.39, 0.29) is 39.1 Å². The van der Waals surface area contributed by atoms with Crippen molar-refractivity contribution >= 4 is 45.9 Å². The molecule has 5 rings (SSSR count). The molecule has 230 valence electrons. The number of rotatable bonds is 9. The first-order valence-corrected chi connectivity index (χ1v) is 14.6. The van der Waals surface area contributed by atoms with E-state index in [9.17, 15) is 18.8 Å². The van der Waals surface area contributed by atoms with Gasteiger partial charge in [0.1, 0.15) is 11.6 Å². The Kier molecular flexibility index (Phi) is 9.15. The molecule has 1 aliphatic carbocycles.